The minimum atomic E-state index is -5.71. The van der Waals surface area contributed by atoms with E-state index in [0.29, 0.717) is 11.5 Å². The summed E-state index contributed by atoms with van der Waals surface area (Å²) in [7, 11) is 0. The number of nitrogen functional groups attached to an aromatic ring is 1. The minimum Gasteiger partial charge on any atom is -0.384 e. The first kappa shape index (κ1) is 13.4. The van der Waals surface area contributed by atoms with Gasteiger partial charge in [0, 0.05) is 5.39 Å². The quantitative estimate of drug-likeness (QED) is 0.814. The molecule has 2 rings (SSSR count). The lowest BCUT2D eigenvalue weighted by Gasteiger charge is -2.19. The van der Waals surface area contributed by atoms with E-state index in [9.17, 15) is 22.0 Å². The molecule has 0 spiro atoms. The first-order chi connectivity index (χ1) is 8.63. The molecule has 3 nitrogen and oxygen atoms in total. The highest BCUT2D eigenvalue weighted by atomic mass is 19.4. The van der Waals surface area contributed by atoms with Crippen molar-refractivity contribution in [3.63, 3.8) is 0 Å². The van der Waals surface area contributed by atoms with Crippen LogP contribution in [0.5, 0.6) is 0 Å². The van der Waals surface area contributed by atoms with Gasteiger partial charge in [-0.05, 0) is 30.7 Å². The van der Waals surface area contributed by atoms with Crippen LogP contribution in [-0.4, -0.2) is 16.1 Å². The number of nitrogens with zero attached hydrogens (tertiary/aromatic N) is 2. The van der Waals surface area contributed by atoms with Gasteiger partial charge in [0.1, 0.15) is 11.5 Å². The summed E-state index contributed by atoms with van der Waals surface area (Å²) < 4.78 is 63.3. The van der Waals surface area contributed by atoms with Gasteiger partial charge in [-0.1, -0.05) is 0 Å². The second-order valence-corrected chi connectivity index (χ2v) is 4.00. The molecule has 0 amide bonds. The summed E-state index contributed by atoms with van der Waals surface area (Å²) >= 11 is 0. The Morgan fingerprint density at radius 3 is 2.26 bits per heavy atom. The van der Waals surface area contributed by atoms with Crippen molar-refractivity contribution in [3.05, 3.63) is 29.5 Å². The summed E-state index contributed by atoms with van der Waals surface area (Å²) in [6.45, 7) is 1.40. The molecule has 0 aliphatic rings. The topological polar surface area (TPSA) is 51.8 Å². The van der Waals surface area contributed by atoms with Crippen LogP contribution in [0.1, 0.15) is 11.3 Å². The predicted octanol–water partition coefficient (Wildman–Crippen LogP) is 3.17. The van der Waals surface area contributed by atoms with Gasteiger partial charge < -0.3 is 5.73 Å². The average Bonchev–Trinajstić information content (AvgIpc) is 2.26. The SMILES string of the molecule is Cc1cc(C(F)(F)C(F)(F)F)nc2nc(N)ccc12. The summed E-state index contributed by atoms with van der Waals surface area (Å²) in [5, 5.41) is 0.371. The van der Waals surface area contributed by atoms with Gasteiger partial charge in [0.05, 0.1) is 0 Å². The summed E-state index contributed by atoms with van der Waals surface area (Å²) in [6, 6.07) is 3.59. The molecule has 0 aliphatic heterocycles. The van der Waals surface area contributed by atoms with Crippen LogP contribution in [0, 0.1) is 6.92 Å². The molecular weight excluding hydrogens is 269 g/mol. The molecule has 2 heterocycles. The molecule has 0 atom stereocenters. The van der Waals surface area contributed by atoms with E-state index in [4.69, 9.17) is 5.73 Å². The van der Waals surface area contributed by atoms with Crippen molar-refractivity contribution in [2.75, 3.05) is 5.73 Å². The Hall–Kier alpha value is -1.99. The number of aryl methyl sites for hydroxylation is 1. The van der Waals surface area contributed by atoms with E-state index in [1.165, 1.54) is 19.1 Å². The van der Waals surface area contributed by atoms with Gasteiger partial charge in [0.25, 0.3) is 0 Å². The van der Waals surface area contributed by atoms with Gasteiger partial charge in [-0.25, -0.2) is 9.97 Å². The van der Waals surface area contributed by atoms with Gasteiger partial charge in [-0.3, -0.25) is 0 Å². The van der Waals surface area contributed by atoms with Crippen LogP contribution in [0.3, 0.4) is 0 Å². The molecule has 0 bridgehead atoms. The van der Waals surface area contributed by atoms with E-state index in [-0.39, 0.29) is 17.0 Å². The zero-order valence-electron chi connectivity index (χ0n) is 9.59. The molecular formula is C11H8F5N3. The number of hydrogen-bond acceptors (Lipinski definition) is 3. The Labute approximate surface area is 104 Å². The maximum Gasteiger partial charge on any atom is 0.459 e. The Balaban J connectivity index is 2.70. The summed E-state index contributed by atoms with van der Waals surface area (Å²) in [6.07, 6.45) is -5.71. The highest BCUT2D eigenvalue weighted by Gasteiger charge is 2.60. The molecule has 102 valence electrons. The zero-order valence-corrected chi connectivity index (χ0v) is 9.59. The summed E-state index contributed by atoms with van der Waals surface area (Å²) in [5.74, 6) is -5.04. The van der Waals surface area contributed by atoms with Crippen LogP contribution in [0.2, 0.25) is 0 Å². The number of halogens is 5. The standard InChI is InChI=1S/C11H8F5N3/c1-5-4-7(10(12,13)11(14,15)16)18-9-6(5)2-3-8(17)19-9/h2-4H,1H3,(H2,17,18,19). The van der Waals surface area contributed by atoms with Crippen molar-refractivity contribution in [3.8, 4) is 0 Å². The molecule has 19 heavy (non-hydrogen) atoms. The van der Waals surface area contributed by atoms with Crippen LogP contribution in [-0.2, 0) is 5.92 Å². The fourth-order valence-corrected chi connectivity index (χ4v) is 1.59. The largest absolute Gasteiger partial charge is 0.459 e. The molecule has 2 aromatic heterocycles. The number of pyridine rings is 2. The van der Waals surface area contributed by atoms with Crippen LogP contribution >= 0.6 is 0 Å². The van der Waals surface area contributed by atoms with Gasteiger partial charge in [-0.2, -0.15) is 22.0 Å². The molecule has 8 heteroatoms. The first-order valence-corrected chi connectivity index (χ1v) is 5.12. The lowest BCUT2D eigenvalue weighted by molar-refractivity contribution is -0.290. The molecule has 2 aromatic rings. The molecule has 0 radical (unpaired) electrons. The highest BCUT2D eigenvalue weighted by molar-refractivity contribution is 5.80. The number of fused-ring (bicyclic) bond motifs is 1. The average molecular weight is 277 g/mol. The van der Waals surface area contributed by atoms with Gasteiger partial charge in [-0.15, -0.1) is 0 Å². The van der Waals surface area contributed by atoms with E-state index >= 15 is 0 Å². The molecule has 2 N–H and O–H groups in total. The third-order valence-corrected chi connectivity index (χ3v) is 2.58. The lowest BCUT2D eigenvalue weighted by atomic mass is 10.1. The highest BCUT2D eigenvalue weighted by Crippen LogP contribution is 2.43. The second kappa shape index (κ2) is 4.01. The van der Waals surface area contributed by atoms with Crippen LogP contribution in [0.4, 0.5) is 27.8 Å². The maximum absolute atomic E-state index is 13.2. The van der Waals surface area contributed by atoms with Gasteiger partial charge in [0.15, 0.2) is 5.65 Å². The number of alkyl halides is 5. The number of rotatable bonds is 1. The van der Waals surface area contributed by atoms with Crippen molar-refractivity contribution in [2.45, 2.75) is 19.0 Å². The fraction of sp³-hybridized carbons (Fsp3) is 0.273. The Morgan fingerprint density at radius 1 is 1.05 bits per heavy atom. The second-order valence-electron chi connectivity index (χ2n) is 4.00. The smallest absolute Gasteiger partial charge is 0.384 e. The maximum atomic E-state index is 13.2. The third-order valence-electron chi connectivity index (χ3n) is 2.58. The van der Waals surface area contributed by atoms with E-state index in [0.717, 1.165) is 0 Å². The molecule has 0 saturated heterocycles. The molecule has 0 aliphatic carbocycles. The number of nitrogens with two attached hydrogens (primary N) is 1. The predicted molar refractivity (Wildman–Crippen MR) is 58.6 cm³/mol. The van der Waals surface area contributed by atoms with Crippen LogP contribution < -0.4 is 5.73 Å². The number of aromatic nitrogens is 2. The Morgan fingerprint density at radius 2 is 1.68 bits per heavy atom. The molecule has 0 fully saturated rings. The van der Waals surface area contributed by atoms with Crippen molar-refractivity contribution >= 4 is 16.9 Å². The monoisotopic (exact) mass is 277 g/mol. The van der Waals surface area contributed by atoms with E-state index < -0.39 is 17.8 Å². The lowest BCUT2D eigenvalue weighted by Crippen LogP contribution is -2.34. The first-order valence-electron chi connectivity index (χ1n) is 5.12. The zero-order chi connectivity index (χ0) is 14.4. The van der Waals surface area contributed by atoms with Crippen molar-refractivity contribution < 1.29 is 22.0 Å². The van der Waals surface area contributed by atoms with E-state index in [1.807, 2.05) is 0 Å². The third kappa shape index (κ3) is 2.18. The van der Waals surface area contributed by atoms with E-state index in [2.05, 4.69) is 9.97 Å². The van der Waals surface area contributed by atoms with Gasteiger partial charge in [0.2, 0.25) is 0 Å². The van der Waals surface area contributed by atoms with Crippen molar-refractivity contribution in [1.82, 2.24) is 9.97 Å². The normalized spacial score (nSPS) is 12.9. The molecule has 0 aromatic carbocycles. The summed E-state index contributed by atoms with van der Waals surface area (Å²) in [4.78, 5) is 6.93. The van der Waals surface area contributed by atoms with Crippen LogP contribution in [0.15, 0.2) is 18.2 Å². The minimum absolute atomic E-state index is 0.00752. The molecule has 0 unspecified atom stereocenters. The number of anilines is 1. The Bertz CT molecular complexity index is 636. The van der Waals surface area contributed by atoms with Gasteiger partial charge >= 0.3 is 12.1 Å². The van der Waals surface area contributed by atoms with E-state index in [1.54, 1.807) is 0 Å². The van der Waals surface area contributed by atoms with Crippen molar-refractivity contribution in [2.24, 2.45) is 0 Å². The summed E-state index contributed by atoms with van der Waals surface area (Å²) in [5.41, 5.74) is 3.95. The fourth-order valence-electron chi connectivity index (χ4n) is 1.59. The number of hydrogen-bond donors (Lipinski definition) is 1. The Kier molecular flexibility index (Phi) is 2.83. The molecule has 0 saturated carbocycles. The van der Waals surface area contributed by atoms with Crippen molar-refractivity contribution in [1.29, 1.82) is 0 Å². The van der Waals surface area contributed by atoms with Crippen LogP contribution in [0.25, 0.3) is 11.0 Å².